The van der Waals surface area contributed by atoms with Gasteiger partial charge in [0.1, 0.15) is 0 Å². The van der Waals surface area contributed by atoms with Gasteiger partial charge in [-0.05, 0) is 28.8 Å². The summed E-state index contributed by atoms with van der Waals surface area (Å²) < 4.78 is 8.07. The number of rotatable bonds is 3. The molecule has 1 saturated heterocycles. The largest absolute Gasteiger partial charge is 0.379 e. The summed E-state index contributed by atoms with van der Waals surface area (Å²) in [5, 5.41) is 8.17. The summed E-state index contributed by atoms with van der Waals surface area (Å²) >= 11 is 3.50. The number of ether oxygens (including phenoxy) is 1. The number of hydrogen-bond donors (Lipinski definition) is 1. The van der Waals surface area contributed by atoms with Gasteiger partial charge in [-0.3, -0.25) is 4.90 Å². The lowest BCUT2D eigenvalue weighted by molar-refractivity contribution is -0.0321. The normalized spacial score (nSPS) is 24.9. The van der Waals surface area contributed by atoms with Crippen LogP contribution in [0.4, 0.5) is 0 Å². The van der Waals surface area contributed by atoms with Crippen LogP contribution in [0.3, 0.4) is 0 Å². The van der Waals surface area contributed by atoms with E-state index < -0.39 is 0 Å². The summed E-state index contributed by atoms with van der Waals surface area (Å²) in [6.07, 6.45) is 4.78. The predicted molar refractivity (Wildman–Crippen MR) is 79.2 cm³/mol. The average Bonchev–Trinajstić information content (AvgIpc) is 3.08. The maximum Gasteiger partial charge on any atom is 0.153 e. The number of nitrogens with two attached hydrogens (primary N) is 1. The average molecular weight is 344 g/mol. The van der Waals surface area contributed by atoms with Crippen molar-refractivity contribution >= 4 is 15.9 Å². The molecule has 112 valence electrons. The molecule has 1 aliphatic heterocycles. The highest BCUT2D eigenvalue weighted by Crippen LogP contribution is 2.44. The lowest BCUT2D eigenvalue weighted by Crippen LogP contribution is -2.57. The predicted octanol–water partition coefficient (Wildman–Crippen LogP) is 1.22. The summed E-state index contributed by atoms with van der Waals surface area (Å²) in [5.41, 5.74) is 7.73. The van der Waals surface area contributed by atoms with Crippen molar-refractivity contribution in [2.24, 2.45) is 12.8 Å². The Labute approximate surface area is 127 Å². The van der Waals surface area contributed by atoms with Crippen molar-refractivity contribution in [3.8, 4) is 0 Å². The SMILES string of the molecule is Cn1nnc(Br)c1C(N)C1(N2CCOCC2)CCCC1. The van der Waals surface area contributed by atoms with Gasteiger partial charge in [0.2, 0.25) is 0 Å². The third-order valence-corrected chi connectivity index (χ3v) is 5.38. The summed E-state index contributed by atoms with van der Waals surface area (Å²) in [5.74, 6) is 0. The first kappa shape index (κ1) is 14.4. The van der Waals surface area contributed by atoms with Gasteiger partial charge in [0, 0.05) is 25.7 Å². The van der Waals surface area contributed by atoms with Crippen molar-refractivity contribution < 1.29 is 4.74 Å². The second-order valence-corrected chi connectivity index (χ2v) is 6.53. The number of hydrogen-bond acceptors (Lipinski definition) is 5. The molecule has 1 aromatic heterocycles. The van der Waals surface area contributed by atoms with E-state index in [4.69, 9.17) is 10.5 Å². The van der Waals surface area contributed by atoms with Crippen LogP contribution in [0.5, 0.6) is 0 Å². The third-order valence-electron chi connectivity index (χ3n) is 4.81. The monoisotopic (exact) mass is 343 g/mol. The Morgan fingerprint density at radius 3 is 2.50 bits per heavy atom. The molecule has 20 heavy (non-hydrogen) atoms. The van der Waals surface area contributed by atoms with E-state index in [0.717, 1.165) is 49.4 Å². The molecule has 0 aromatic carbocycles. The van der Waals surface area contributed by atoms with Crippen LogP contribution in [-0.2, 0) is 11.8 Å². The minimum absolute atomic E-state index is 0.0295. The van der Waals surface area contributed by atoms with Crippen LogP contribution in [0.2, 0.25) is 0 Å². The smallest absolute Gasteiger partial charge is 0.153 e. The quantitative estimate of drug-likeness (QED) is 0.893. The molecular formula is C13H22BrN5O. The summed E-state index contributed by atoms with van der Waals surface area (Å²) in [6, 6.07) is -0.0718. The molecule has 0 amide bonds. The van der Waals surface area contributed by atoms with Gasteiger partial charge in [0.15, 0.2) is 4.60 Å². The second kappa shape index (κ2) is 5.71. The fourth-order valence-electron chi connectivity index (χ4n) is 3.74. The van der Waals surface area contributed by atoms with Crippen LogP contribution >= 0.6 is 15.9 Å². The minimum Gasteiger partial charge on any atom is -0.379 e. The molecule has 1 aromatic rings. The molecule has 3 rings (SSSR count). The lowest BCUT2D eigenvalue weighted by atomic mass is 9.84. The van der Waals surface area contributed by atoms with E-state index in [1.807, 2.05) is 7.05 Å². The number of nitrogens with zero attached hydrogens (tertiary/aromatic N) is 4. The van der Waals surface area contributed by atoms with Crippen molar-refractivity contribution in [1.29, 1.82) is 0 Å². The van der Waals surface area contributed by atoms with Crippen LogP contribution in [-0.4, -0.2) is 51.7 Å². The van der Waals surface area contributed by atoms with E-state index in [1.54, 1.807) is 4.68 Å². The van der Waals surface area contributed by atoms with Crippen LogP contribution in [0.1, 0.15) is 37.4 Å². The number of aryl methyl sites for hydroxylation is 1. The standard InChI is InChI=1S/C13H22BrN5O/c1-18-10(12(14)16-17-18)11(15)13(4-2-3-5-13)19-6-8-20-9-7-19/h11H,2-9,15H2,1H3. The van der Waals surface area contributed by atoms with Crippen LogP contribution in [0, 0.1) is 0 Å². The van der Waals surface area contributed by atoms with Crippen molar-refractivity contribution in [2.45, 2.75) is 37.3 Å². The zero-order chi connectivity index (χ0) is 14.2. The molecule has 1 atom stereocenters. The maximum absolute atomic E-state index is 6.70. The topological polar surface area (TPSA) is 69.2 Å². The van der Waals surface area contributed by atoms with Gasteiger partial charge in [0.25, 0.3) is 0 Å². The van der Waals surface area contributed by atoms with Crippen molar-refractivity contribution in [1.82, 2.24) is 19.9 Å². The molecule has 2 N–H and O–H groups in total. The Balaban J connectivity index is 1.93. The summed E-state index contributed by atoms with van der Waals surface area (Å²) in [7, 11) is 1.91. The van der Waals surface area contributed by atoms with E-state index in [1.165, 1.54) is 12.8 Å². The molecule has 1 unspecified atom stereocenters. The highest BCUT2D eigenvalue weighted by atomic mass is 79.9. The highest BCUT2D eigenvalue weighted by Gasteiger charge is 2.47. The van der Waals surface area contributed by atoms with Gasteiger partial charge < -0.3 is 10.5 Å². The minimum atomic E-state index is -0.0718. The molecule has 2 aliphatic rings. The van der Waals surface area contributed by atoms with E-state index in [9.17, 15) is 0 Å². The molecule has 1 aliphatic carbocycles. The molecule has 1 saturated carbocycles. The molecule has 0 spiro atoms. The van der Waals surface area contributed by atoms with E-state index >= 15 is 0 Å². The Hall–Kier alpha value is -0.500. The van der Waals surface area contributed by atoms with Gasteiger partial charge in [-0.25, -0.2) is 4.68 Å². The number of aromatic nitrogens is 3. The van der Waals surface area contributed by atoms with E-state index in [2.05, 4.69) is 31.1 Å². The van der Waals surface area contributed by atoms with Gasteiger partial charge in [-0.1, -0.05) is 18.1 Å². The van der Waals surface area contributed by atoms with Gasteiger partial charge in [0.05, 0.1) is 24.9 Å². The Bertz CT molecular complexity index is 446. The van der Waals surface area contributed by atoms with Crippen molar-refractivity contribution in [2.75, 3.05) is 26.3 Å². The molecule has 7 heteroatoms. The number of morpholine rings is 1. The highest BCUT2D eigenvalue weighted by molar-refractivity contribution is 9.10. The zero-order valence-corrected chi connectivity index (χ0v) is 13.5. The fraction of sp³-hybridized carbons (Fsp3) is 0.846. The first-order chi connectivity index (χ1) is 9.65. The van der Waals surface area contributed by atoms with Gasteiger partial charge in [-0.15, -0.1) is 5.10 Å². The molecule has 0 bridgehead atoms. The zero-order valence-electron chi connectivity index (χ0n) is 11.9. The molecule has 0 radical (unpaired) electrons. The van der Waals surface area contributed by atoms with Gasteiger partial charge >= 0.3 is 0 Å². The van der Waals surface area contributed by atoms with Crippen LogP contribution in [0.15, 0.2) is 4.60 Å². The van der Waals surface area contributed by atoms with E-state index in [-0.39, 0.29) is 11.6 Å². The Kier molecular flexibility index (Phi) is 4.12. The molecule has 2 heterocycles. The van der Waals surface area contributed by atoms with E-state index in [0.29, 0.717) is 0 Å². The Morgan fingerprint density at radius 1 is 1.30 bits per heavy atom. The number of halogens is 1. The van der Waals surface area contributed by atoms with Crippen LogP contribution < -0.4 is 5.73 Å². The molecular weight excluding hydrogens is 322 g/mol. The van der Waals surface area contributed by atoms with Crippen LogP contribution in [0.25, 0.3) is 0 Å². The summed E-state index contributed by atoms with van der Waals surface area (Å²) in [6.45, 7) is 3.55. The first-order valence-electron chi connectivity index (χ1n) is 7.28. The molecule has 2 fully saturated rings. The second-order valence-electron chi connectivity index (χ2n) is 5.78. The van der Waals surface area contributed by atoms with Crippen molar-refractivity contribution in [3.05, 3.63) is 10.3 Å². The maximum atomic E-state index is 6.70. The molecule has 6 nitrogen and oxygen atoms in total. The van der Waals surface area contributed by atoms with Crippen molar-refractivity contribution in [3.63, 3.8) is 0 Å². The van der Waals surface area contributed by atoms with Gasteiger partial charge in [-0.2, -0.15) is 0 Å². The lowest BCUT2D eigenvalue weighted by Gasteiger charge is -2.46. The third kappa shape index (κ3) is 2.30. The summed E-state index contributed by atoms with van der Waals surface area (Å²) in [4.78, 5) is 2.54. The first-order valence-corrected chi connectivity index (χ1v) is 8.08. The Morgan fingerprint density at radius 2 is 1.95 bits per heavy atom. The fourth-order valence-corrected chi connectivity index (χ4v) is 4.32.